The van der Waals surface area contributed by atoms with E-state index < -0.39 is 0 Å². The first kappa shape index (κ1) is 10.1. The minimum Gasteiger partial charge on any atom is -0.313 e. The second kappa shape index (κ2) is 3.73. The Hall–Kier alpha value is -1.10. The van der Waals surface area contributed by atoms with Crippen molar-refractivity contribution in [3.63, 3.8) is 0 Å². The lowest BCUT2D eigenvalue weighted by Crippen LogP contribution is -2.47. The zero-order chi connectivity index (χ0) is 11.1. The highest BCUT2D eigenvalue weighted by molar-refractivity contribution is 4.96. The van der Waals surface area contributed by atoms with Gasteiger partial charge in [-0.1, -0.05) is 6.92 Å². The van der Waals surface area contributed by atoms with Gasteiger partial charge in [0.25, 0.3) is 0 Å². The van der Waals surface area contributed by atoms with Gasteiger partial charge >= 0.3 is 5.69 Å². The molecule has 0 spiro atoms. The fourth-order valence-electron chi connectivity index (χ4n) is 2.19. The van der Waals surface area contributed by atoms with E-state index in [4.69, 9.17) is 0 Å². The van der Waals surface area contributed by atoms with Gasteiger partial charge in [0.05, 0.1) is 6.04 Å². The van der Waals surface area contributed by atoms with Crippen LogP contribution in [0.15, 0.2) is 4.79 Å². The normalized spacial score (nSPS) is 21.1. The van der Waals surface area contributed by atoms with Crippen LogP contribution in [0.5, 0.6) is 0 Å². The third-order valence-corrected chi connectivity index (χ3v) is 3.51. The van der Waals surface area contributed by atoms with Gasteiger partial charge in [-0.15, -0.1) is 0 Å². The van der Waals surface area contributed by atoms with Crippen LogP contribution in [0.3, 0.4) is 0 Å². The van der Waals surface area contributed by atoms with Crippen LogP contribution in [0.1, 0.15) is 31.6 Å². The van der Waals surface area contributed by atoms with Crippen molar-refractivity contribution in [1.82, 2.24) is 19.7 Å². The fourth-order valence-corrected chi connectivity index (χ4v) is 2.19. The van der Waals surface area contributed by atoms with Crippen molar-refractivity contribution < 1.29 is 0 Å². The van der Waals surface area contributed by atoms with E-state index in [0.29, 0.717) is 12.0 Å². The SMILES string of the molecule is CCc1nn(CC2CC2)c(=O)n1C1CNC1. The van der Waals surface area contributed by atoms with Crippen LogP contribution in [0.25, 0.3) is 0 Å². The second-order valence-electron chi connectivity index (χ2n) is 4.86. The summed E-state index contributed by atoms with van der Waals surface area (Å²) < 4.78 is 3.56. The standard InChI is InChI=1S/C11H18N4O/c1-2-10-13-14(7-8-3-4-8)11(16)15(10)9-5-12-6-9/h8-9,12H,2-7H2,1H3. The van der Waals surface area contributed by atoms with Gasteiger partial charge in [-0.2, -0.15) is 5.10 Å². The third kappa shape index (κ3) is 1.59. The zero-order valence-electron chi connectivity index (χ0n) is 9.65. The molecule has 1 aromatic rings. The molecule has 0 radical (unpaired) electrons. The van der Waals surface area contributed by atoms with E-state index >= 15 is 0 Å². The molecule has 0 amide bonds. The summed E-state index contributed by atoms with van der Waals surface area (Å²) >= 11 is 0. The Morgan fingerprint density at radius 3 is 2.69 bits per heavy atom. The minimum absolute atomic E-state index is 0.0928. The third-order valence-electron chi connectivity index (χ3n) is 3.51. The van der Waals surface area contributed by atoms with Crippen molar-refractivity contribution in [2.45, 2.75) is 38.8 Å². The summed E-state index contributed by atoms with van der Waals surface area (Å²) in [7, 11) is 0. The Bertz CT molecular complexity index is 439. The molecule has 0 atom stereocenters. The fraction of sp³-hybridized carbons (Fsp3) is 0.818. The molecule has 2 aliphatic rings. The Morgan fingerprint density at radius 2 is 2.19 bits per heavy atom. The Kier molecular flexibility index (Phi) is 2.35. The number of aromatic nitrogens is 3. The quantitative estimate of drug-likeness (QED) is 0.789. The molecule has 5 heteroatoms. The Labute approximate surface area is 94.5 Å². The van der Waals surface area contributed by atoms with Crippen LogP contribution in [0.4, 0.5) is 0 Å². The molecule has 1 aliphatic carbocycles. The number of hydrogen-bond acceptors (Lipinski definition) is 3. The molecular weight excluding hydrogens is 204 g/mol. The maximum atomic E-state index is 12.2. The van der Waals surface area contributed by atoms with Gasteiger partial charge in [0.1, 0.15) is 5.82 Å². The van der Waals surface area contributed by atoms with Crippen molar-refractivity contribution >= 4 is 0 Å². The summed E-state index contributed by atoms with van der Waals surface area (Å²) in [4.78, 5) is 12.2. The first-order valence-electron chi connectivity index (χ1n) is 6.18. The second-order valence-corrected chi connectivity index (χ2v) is 4.86. The van der Waals surface area contributed by atoms with Crippen LogP contribution in [-0.4, -0.2) is 27.4 Å². The monoisotopic (exact) mass is 222 g/mol. The van der Waals surface area contributed by atoms with Gasteiger partial charge in [0, 0.05) is 26.1 Å². The first-order valence-corrected chi connectivity index (χ1v) is 6.18. The van der Waals surface area contributed by atoms with Gasteiger partial charge in [0.15, 0.2) is 0 Å². The Morgan fingerprint density at radius 1 is 1.44 bits per heavy atom. The van der Waals surface area contributed by atoms with E-state index in [0.717, 1.165) is 31.9 Å². The smallest absolute Gasteiger partial charge is 0.313 e. The number of nitrogens with zero attached hydrogens (tertiary/aromatic N) is 3. The molecule has 0 unspecified atom stereocenters. The van der Waals surface area contributed by atoms with Gasteiger partial charge in [-0.3, -0.25) is 4.57 Å². The molecule has 1 aliphatic heterocycles. The van der Waals surface area contributed by atoms with E-state index in [9.17, 15) is 4.79 Å². The van der Waals surface area contributed by atoms with Gasteiger partial charge in [-0.25, -0.2) is 9.48 Å². The van der Waals surface area contributed by atoms with Crippen LogP contribution >= 0.6 is 0 Å². The number of aryl methyl sites for hydroxylation is 1. The van der Waals surface area contributed by atoms with Gasteiger partial charge in [0.2, 0.25) is 0 Å². The van der Waals surface area contributed by atoms with E-state index in [2.05, 4.69) is 17.3 Å². The van der Waals surface area contributed by atoms with Crippen molar-refractivity contribution in [3.8, 4) is 0 Å². The highest BCUT2D eigenvalue weighted by Gasteiger charge is 2.28. The summed E-state index contributed by atoms with van der Waals surface area (Å²) in [5.41, 5.74) is 0.0928. The molecule has 2 heterocycles. The summed E-state index contributed by atoms with van der Waals surface area (Å²) in [5.74, 6) is 1.64. The van der Waals surface area contributed by atoms with Crippen molar-refractivity contribution in [3.05, 3.63) is 16.3 Å². The van der Waals surface area contributed by atoms with Gasteiger partial charge in [-0.05, 0) is 18.8 Å². The van der Waals surface area contributed by atoms with Crippen molar-refractivity contribution in [2.24, 2.45) is 5.92 Å². The Balaban J connectivity index is 1.93. The molecule has 16 heavy (non-hydrogen) atoms. The topological polar surface area (TPSA) is 51.9 Å². The maximum absolute atomic E-state index is 12.2. The molecule has 0 bridgehead atoms. The predicted octanol–water partition coefficient (Wildman–Crippen LogP) is 0.162. The largest absolute Gasteiger partial charge is 0.346 e. The lowest BCUT2D eigenvalue weighted by atomic mass is 10.2. The average molecular weight is 222 g/mol. The van der Waals surface area contributed by atoms with Gasteiger partial charge < -0.3 is 5.32 Å². The van der Waals surface area contributed by atoms with E-state index in [-0.39, 0.29) is 5.69 Å². The molecule has 0 aromatic carbocycles. The maximum Gasteiger partial charge on any atom is 0.346 e. The molecule has 88 valence electrons. The molecular formula is C11H18N4O. The first-order chi connectivity index (χ1) is 7.79. The summed E-state index contributed by atoms with van der Waals surface area (Å²) in [6, 6.07) is 0.329. The van der Waals surface area contributed by atoms with Crippen LogP contribution in [-0.2, 0) is 13.0 Å². The lowest BCUT2D eigenvalue weighted by Gasteiger charge is -2.28. The summed E-state index contributed by atoms with van der Waals surface area (Å²) in [6.45, 7) is 4.69. The number of hydrogen-bond donors (Lipinski definition) is 1. The average Bonchev–Trinajstić information content (AvgIpc) is 2.96. The van der Waals surface area contributed by atoms with Crippen LogP contribution in [0.2, 0.25) is 0 Å². The number of rotatable bonds is 4. The number of nitrogens with one attached hydrogen (secondary N) is 1. The summed E-state index contributed by atoms with van der Waals surface area (Å²) in [5, 5.41) is 7.65. The molecule has 3 rings (SSSR count). The van der Waals surface area contributed by atoms with Crippen molar-refractivity contribution in [1.29, 1.82) is 0 Å². The highest BCUT2D eigenvalue weighted by atomic mass is 16.2. The molecule has 5 nitrogen and oxygen atoms in total. The molecule has 2 fully saturated rings. The van der Waals surface area contributed by atoms with E-state index in [1.165, 1.54) is 12.8 Å². The minimum atomic E-state index is 0.0928. The highest BCUT2D eigenvalue weighted by Crippen LogP contribution is 2.29. The molecule has 1 N–H and O–H groups in total. The van der Waals surface area contributed by atoms with Crippen molar-refractivity contribution in [2.75, 3.05) is 13.1 Å². The van der Waals surface area contributed by atoms with Crippen LogP contribution in [0, 0.1) is 5.92 Å². The van der Waals surface area contributed by atoms with E-state index in [1.807, 2.05) is 4.57 Å². The predicted molar refractivity (Wildman–Crippen MR) is 60.5 cm³/mol. The molecule has 1 saturated heterocycles. The molecule has 1 saturated carbocycles. The zero-order valence-corrected chi connectivity index (χ0v) is 9.65. The van der Waals surface area contributed by atoms with E-state index in [1.54, 1.807) is 4.68 Å². The molecule has 1 aromatic heterocycles. The lowest BCUT2D eigenvalue weighted by molar-refractivity contribution is 0.326. The summed E-state index contributed by atoms with van der Waals surface area (Å²) in [6.07, 6.45) is 3.35. The van der Waals surface area contributed by atoms with Crippen LogP contribution < -0.4 is 11.0 Å².